The number of amides is 1. The van der Waals surface area contributed by atoms with Gasteiger partial charge in [0.25, 0.3) is 0 Å². The molecule has 0 unspecified atom stereocenters. The van der Waals surface area contributed by atoms with Crippen LogP contribution in [-0.4, -0.2) is 33.1 Å². The van der Waals surface area contributed by atoms with E-state index >= 15 is 0 Å². The number of benzene rings is 2. The van der Waals surface area contributed by atoms with E-state index in [2.05, 4.69) is 20.8 Å². The number of halogens is 1. The van der Waals surface area contributed by atoms with Gasteiger partial charge in [-0.1, -0.05) is 11.6 Å². The van der Waals surface area contributed by atoms with E-state index in [1.165, 1.54) is 43.3 Å². The van der Waals surface area contributed by atoms with Gasteiger partial charge in [-0.2, -0.15) is 4.80 Å². The van der Waals surface area contributed by atoms with Crippen molar-refractivity contribution in [3.8, 4) is 11.4 Å². The minimum atomic E-state index is 0.0212. The fraction of sp³-hybridized carbons (Fsp3) is 0.462. The fourth-order valence-electron chi connectivity index (χ4n) is 7.07. The van der Waals surface area contributed by atoms with Crippen molar-refractivity contribution >= 4 is 51.6 Å². The van der Waals surface area contributed by atoms with Crippen molar-refractivity contribution < 1.29 is 9.53 Å². The molecule has 2 aromatic carbocycles. The van der Waals surface area contributed by atoms with Crippen LogP contribution >= 0.6 is 23.8 Å². The van der Waals surface area contributed by atoms with Crippen LogP contribution in [0.2, 0.25) is 5.02 Å². The molecule has 4 aliphatic rings. The molecule has 4 aliphatic carbocycles. The monoisotopic (exact) mass is 509 g/mol. The van der Waals surface area contributed by atoms with Crippen molar-refractivity contribution in [1.29, 1.82) is 0 Å². The van der Waals surface area contributed by atoms with E-state index in [9.17, 15) is 4.79 Å². The lowest BCUT2D eigenvalue weighted by Crippen LogP contribution is -2.48. The first kappa shape index (κ1) is 22.7. The number of nitrogens with zero attached hydrogens (tertiary/aromatic N) is 3. The number of anilines is 1. The van der Waals surface area contributed by atoms with Crippen LogP contribution in [0.15, 0.2) is 36.4 Å². The molecule has 0 radical (unpaired) electrons. The summed E-state index contributed by atoms with van der Waals surface area (Å²) in [5, 5.41) is 15.9. The Labute approximate surface area is 214 Å². The van der Waals surface area contributed by atoms with Gasteiger partial charge < -0.3 is 15.4 Å². The first-order valence-electron chi connectivity index (χ1n) is 12.2. The third-order valence-corrected chi connectivity index (χ3v) is 8.46. The molecule has 1 aromatic heterocycles. The Bertz CT molecular complexity index is 1290. The number of carbonyl (C=O) groups excluding carboxylic acids is 1. The highest BCUT2D eigenvalue weighted by atomic mass is 35.5. The minimum absolute atomic E-state index is 0.0212. The maximum atomic E-state index is 12.9. The summed E-state index contributed by atoms with van der Waals surface area (Å²) in [6.07, 6.45) is 8.32. The van der Waals surface area contributed by atoms with Gasteiger partial charge in [-0.15, -0.1) is 10.2 Å². The maximum absolute atomic E-state index is 12.9. The SMILES string of the molecule is COc1ccc(-n2nc3ccc(NC(=S)NC(=O)CC45CC6CC(CC(C6)C4)C5)cc3n2)cc1Cl. The lowest BCUT2D eigenvalue weighted by atomic mass is 9.49. The average Bonchev–Trinajstić information content (AvgIpc) is 3.21. The molecule has 7 rings (SSSR count). The first-order valence-corrected chi connectivity index (χ1v) is 13.0. The van der Waals surface area contributed by atoms with E-state index in [0.717, 1.165) is 34.6 Å². The minimum Gasteiger partial charge on any atom is -0.495 e. The standard InChI is InChI=1S/C26H28ClN5O2S/c1-34-23-5-3-19(10-20(23)27)32-30-21-4-2-18(9-22(21)31-32)28-25(35)29-24(33)14-26-11-15-6-16(12-26)8-17(7-15)13-26/h2-5,9-10,15-17H,6-8,11-14H2,1H3,(H2,28,29,33,35). The number of fused-ring (bicyclic) bond motifs is 1. The lowest BCUT2D eigenvalue weighted by Gasteiger charge is -2.56. The zero-order chi connectivity index (χ0) is 24.2. The second-order valence-electron chi connectivity index (χ2n) is 10.6. The number of hydrogen-bond acceptors (Lipinski definition) is 5. The van der Waals surface area contributed by atoms with E-state index in [1.807, 2.05) is 24.3 Å². The van der Waals surface area contributed by atoms with Crippen LogP contribution in [0.5, 0.6) is 5.75 Å². The summed E-state index contributed by atoms with van der Waals surface area (Å²) in [6, 6.07) is 11.0. The Kier molecular flexibility index (Phi) is 5.68. The first-order chi connectivity index (χ1) is 16.9. The Morgan fingerprint density at radius 2 is 1.77 bits per heavy atom. The Hall–Kier alpha value is -2.71. The largest absolute Gasteiger partial charge is 0.495 e. The van der Waals surface area contributed by atoms with Crippen LogP contribution in [0, 0.1) is 23.2 Å². The van der Waals surface area contributed by atoms with Crippen LogP contribution in [0.25, 0.3) is 16.7 Å². The summed E-state index contributed by atoms with van der Waals surface area (Å²) in [5.74, 6) is 3.10. The molecule has 0 aliphatic heterocycles. The molecule has 35 heavy (non-hydrogen) atoms. The molecule has 0 saturated heterocycles. The van der Waals surface area contributed by atoms with E-state index in [4.69, 9.17) is 28.6 Å². The second kappa shape index (κ2) is 8.75. The molecule has 1 amide bonds. The molecule has 3 aromatic rings. The molecule has 4 bridgehead atoms. The van der Waals surface area contributed by atoms with Gasteiger partial charge in [0, 0.05) is 12.1 Å². The number of carbonyl (C=O) groups is 1. The van der Waals surface area contributed by atoms with Crippen molar-refractivity contribution in [1.82, 2.24) is 20.3 Å². The summed E-state index contributed by atoms with van der Waals surface area (Å²) < 4.78 is 5.21. The van der Waals surface area contributed by atoms with Gasteiger partial charge in [0.2, 0.25) is 5.91 Å². The van der Waals surface area contributed by atoms with Crippen LogP contribution in [0.1, 0.15) is 44.9 Å². The molecule has 4 saturated carbocycles. The molecule has 0 spiro atoms. The summed E-state index contributed by atoms with van der Waals surface area (Å²) in [4.78, 5) is 14.4. The number of aromatic nitrogens is 3. The van der Waals surface area contributed by atoms with Gasteiger partial charge in [-0.25, -0.2) is 0 Å². The number of methoxy groups -OCH3 is 1. The zero-order valence-corrected chi connectivity index (χ0v) is 21.2. The Morgan fingerprint density at radius 3 is 2.43 bits per heavy atom. The van der Waals surface area contributed by atoms with Crippen molar-refractivity contribution in [2.24, 2.45) is 23.2 Å². The predicted molar refractivity (Wildman–Crippen MR) is 140 cm³/mol. The van der Waals surface area contributed by atoms with Crippen molar-refractivity contribution in [2.45, 2.75) is 44.9 Å². The third kappa shape index (κ3) is 4.49. The zero-order valence-electron chi connectivity index (χ0n) is 19.6. The molecular formula is C26H28ClN5O2S. The lowest BCUT2D eigenvalue weighted by molar-refractivity contribution is -0.127. The quantitative estimate of drug-likeness (QED) is 0.442. The number of nitrogens with one attached hydrogen (secondary N) is 2. The number of ether oxygens (including phenoxy) is 1. The summed E-state index contributed by atoms with van der Waals surface area (Å²) >= 11 is 11.7. The molecule has 0 atom stereocenters. The molecule has 4 fully saturated rings. The average molecular weight is 510 g/mol. The van der Waals surface area contributed by atoms with Crippen molar-refractivity contribution in [3.05, 3.63) is 41.4 Å². The van der Waals surface area contributed by atoms with E-state index in [1.54, 1.807) is 19.2 Å². The number of hydrogen-bond donors (Lipinski definition) is 2. The second-order valence-corrected chi connectivity index (χ2v) is 11.4. The molecule has 7 nitrogen and oxygen atoms in total. The number of rotatable bonds is 5. The van der Waals surface area contributed by atoms with Crippen LogP contribution < -0.4 is 15.4 Å². The van der Waals surface area contributed by atoms with Crippen LogP contribution in [0.4, 0.5) is 5.69 Å². The summed E-state index contributed by atoms with van der Waals surface area (Å²) in [6.45, 7) is 0. The fourth-order valence-corrected chi connectivity index (χ4v) is 7.55. The third-order valence-electron chi connectivity index (χ3n) is 7.96. The molecule has 182 valence electrons. The predicted octanol–water partition coefficient (Wildman–Crippen LogP) is 5.50. The molecular weight excluding hydrogens is 482 g/mol. The molecule has 9 heteroatoms. The van der Waals surface area contributed by atoms with Gasteiger partial charge in [-0.05, 0) is 110 Å². The van der Waals surface area contributed by atoms with Gasteiger partial charge in [-0.3, -0.25) is 4.79 Å². The van der Waals surface area contributed by atoms with E-state index in [-0.39, 0.29) is 11.3 Å². The van der Waals surface area contributed by atoms with Gasteiger partial charge in [0.15, 0.2) is 5.11 Å². The topological polar surface area (TPSA) is 81.1 Å². The molecule has 2 N–H and O–H groups in total. The highest BCUT2D eigenvalue weighted by molar-refractivity contribution is 7.80. The van der Waals surface area contributed by atoms with Gasteiger partial charge in [0.05, 0.1) is 17.8 Å². The molecule has 1 heterocycles. The van der Waals surface area contributed by atoms with Gasteiger partial charge in [0.1, 0.15) is 16.8 Å². The Morgan fingerprint density at radius 1 is 1.09 bits per heavy atom. The van der Waals surface area contributed by atoms with Crippen molar-refractivity contribution in [2.75, 3.05) is 12.4 Å². The summed E-state index contributed by atoms with van der Waals surface area (Å²) in [5.41, 5.74) is 3.10. The van der Waals surface area contributed by atoms with E-state index < -0.39 is 0 Å². The number of thiocarbonyl (C=S) groups is 1. The van der Waals surface area contributed by atoms with E-state index in [0.29, 0.717) is 27.8 Å². The normalized spacial score (nSPS) is 26.6. The van der Waals surface area contributed by atoms with Crippen molar-refractivity contribution in [3.63, 3.8) is 0 Å². The smallest absolute Gasteiger partial charge is 0.226 e. The van der Waals surface area contributed by atoms with Gasteiger partial charge >= 0.3 is 0 Å². The highest BCUT2D eigenvalue weighted by Gasteiger charge is 2.51. The van der Waals surface area contributed by atoms with Crippen LogP contribution in [-0.2, 0) is 4.79 Å². The highest BCUT2D eigenvalue weighted by Crippen LogP contribution is 2.61. The maximum Gasteiger partial charge on any atom is 0.226 e. The van der Waals surface area contributed by atoms with Crippen LogP contribution in [0.3, 0.4) is 0 Å². The Balaban J connectivity index is 1.11. The summed E-state index contributed by atoms with van der Waals surface area (Å²) in [7, 11) is 1.58.